The lowest BCUT2D eigenvalue weighted by Crippen LogP contribution is -2.17. The van der Waals surface area contributed by atoms with Gasteiger partial charge in [0.05, 0.1) is 0 Å². The monoisotopic (exact) mass is 438 g/mol. The molecule has 0 spiro atoms. The second kappa shape index (κ2) is 9.49. The van der Waals surface area contributed by atoms with Gasteiger partial charge in [-0.3, -0.25) is 0 Å². The van der Waals surface area contributed by atoms with Gasteiger partial charge in [-0.1, -0.05) is 100 Å². The van der Waals surface area contributed by atoms with Gasteiger partial charge in [0.15, 0.2) is 0 Å². The lowest BCUT2D eigenvalue weighted by Gasteiger charge is -2.30. The van der Waals surface area contributed by atoms with Gasteiger partial charge >= 0.3 is 0 Å². The van der Waals surface area contributed by atoms with Crippen molar-refractivity contribution < 1.29 is 10.2 Å². The Kier molecular flexibility index (Phi) is 7.80. The normalized spacial score (nSPS) is 12.9. The third-order valence-corrected chi connectivity index (χ3v) is 6.35. The quantitative estimate of drug-likeness (QED) is 0.476. The van der Waals surface area contributed by atoms with Crippen LogP contribution in [0.4, 0.5) is 0 Å². The zero-order valence-electron chi connectivity index (χ0n) is 22.4. The molecule has 2 aromatic rings. The average molecular weight is 439 g/mol. The molecule has 0 radical (unpaired) electrons. The van der Waals surface area contributed by atoms with Crippen LogP contribution in [-0.4, -0.2) is 10.2 Å². The molecule has 0 aliphatic rings. The minimum atomic E-state index is -0.162. The number of phenols is 2. The first kappa shape index (κ1) is 26.3. The highest BCUT2D eigenvalue weighted by Gasteiger charge is 2.30. The van der Waals surface area contributed by atoms with E-state index in [9.17, 15) is 10.2 Å². The van der Waals surface area contributed by atoms with Crippen LogP contribution in [0.3, 0.4) is 0 Å². The predicted molar refractivity (Wildman–Crippen MR) is 138 cm³/mol. The van der Waals surface area contributed by atoms with Crippen molar-refractivity contribution in [2.24, 2.45) is 11.8 Å². The molecule has 0 heterocycles. The number of phenolic OH excluding ortho intramolecular Hbond substituents is 2. The van der Waals surface area contributed by atoms with Gasteiger partial charge < -0.3 is 10.2 Å². The van der Waals surface area contributed by atoms with Gasteiger partial charge in [-0.2, -0.15) is 0 Å². The van der Waals surface area contributed by atoms with E-state index in [2.05, 4.69) is 100 Å². The summed E-state index contributed by atoms with van der Waals surface area (Å²) in [7, 11) is 0. The number of hydrogen-bond acceptors (Lipinski definition) is 2. The third kappa shape index (κ3) is 5.69. The Morgan fingerprint density at radius 3 is 1.16 bits per heavy atom. The predicted octanol–water partition coefficient (Wildman–Crippen LogP) is 8.24. The highest BCUT2D eigenvalue weighted by molar-refractivity contribution is 5.58. The second-order valence-electron chi connectivity index (χ2n) is 12.5. The zero-order chi connectivity index (χ0) is 24.6. The van der Waals surface area contributed by atoms with E-state index in [4.69, 9.17) is 0 Å². The summed E-state index contributed by atoms with van der Waals surface area (Å²) in [6, 6.07) is 8.56. The van der Waals surface area contributed by atoms with Crippen molar-refractivity contribution in [3.05, 3.63) is 57.6 Å². The molecule has 0 fully saturated rings. The molecule has 0 saturated carbocycles. The Balaban J connectivity index is 2.86. The third-order valence-electron chi connectivity index (χ3n) is 6.35. The van der Waals surface area contributed by atoms with Crippen LogP contribution in [-0.2, 0) is 23.7 Å². The summed E-state index contributed by atoms with van der Waals surface area (Å²) in [6.07, 6.45) is 1.80. The Bertz CT molecular complexity index is 859. The van der Waals surface area contributed by atoms with Gasteiger partial charge in [-0.25, -0.2) is 0 Å². The van der Waals surface area contributed by atoms with Crippen molar-refractivity contribution in [1.29, 1.82) is 0 Å². The van der Waals surface area contributed by atoms with Crippen LogP contribution in [0.25, 0.3) is 0 Å². The zero-order valence-corrected chi connectivity index (χ0v) is 22.4. The van der Waals surface area contributed by atoms with Gasteiger partial charge in [-0.15, -0.1) is 0 Å². The fourth-order valence-corrected chi connectivity index (χ4v) is 4.86. The standard InChI is InChI=1S/C30H46O2/c1-18(2)16-21-12-14-23(29(6,7)8)27(31)25(21)20(5)26-22(17-19(3)4)13-15-24(28(26)32)30(9,10)11/h12-15,18-20,31-32H,16-17H2,1-11H3. The summed E-state index contributed by atoms with van der Waals surface area (Å²) in [5, 5.41) is 23.1. The Morgan fingerprint density at radius 2 is 0.906 bits per heavy atom. The van der Waals surface area contributed by atoms with Crippen molar-refractivity contribution >= 4 is 0 Å². The van der Waals surface area contributed by atoms with Crippen LogP contribution >= 0.6 is 0 Å². The van der Waals surface area contributed by atoms with Gasteiger partial charge in [0.1, 0.15) is 11.5 Å². The largest absolute Gasteiger partial charge is 0.507 e. The van der Waals surface area contributed by atoms with Crippen LogP contribution < -0.4 is 0 Å². The molecule has 0 atom stereocenters. The van der Waals surface area contributed by atoms with Crippen LogP contribution in [0.15, 0.2) is 24.3 Å². The summed E-state index contributed by atoms with van der Waals surface area (Å²) < 4.78 is 0. The first-order valence-electron chi connectivity index (χ1n) is 12.3. The van der Waals surface area contributed by atoms with Crippen LogP contribution in [0.1, 0.15) is 115 Å². The van der Waals surface area contributed by atoms with E-state index in [-0.39, 0.29) is 16.7 Å². The van der Waals surface area contributed by atoms with Gasteiger partial charge in [-0.05, 0) is 57.8 Å². The highest BCUT2D eigenvalue weighted by atomic mass is 16.3. The number of aromatic hydroxyl groups is 2. The molecular weight excluding hydrogens is 392 g/mol. The maximum Gasteiger partial charge on any atom is 0.123 e. The molecule has 0 saturated heterocycles. The Labute approximate surface area is 197 Å². The Morgan fingerprint density at radius 1 is 0.594 bits per heavy atom. The summed E-state index contributed by atoms with van der Waals surface area (Å²) in [6.45, 7) is 23.8. The minimum Gasteiger partial charge on any atom is -0.507 e. The highest BCUT2D eigenvalue weighted by Crippen LogP contribution is 2.46. The molecule has 0 aliphatic carbocycles. The molecule has 0 unspecified atom stereocenters. The molecule has 2 nitrogen and oxygen atoms in total. The number of rotatable bonds is 6. The second-order valence-corrected chi connectivity index (χ2v) is 12.5. The number of benzene rings is 2. The van der Waals surface area contributed by atoms with Crippen molar-refractivity contribution in [3.63, 3.8) is 0 Å². The fraction of sp³-hybridized carbons (Fsp3) is 0.600. The lowest BCUT2D eigenvalue weighted by molar-refractivity contribution is 0.427. The molecule has 2 rings (SSSR count). The van der Waals surface area contributed by atoms with E-state index in [0.29, 0.717) is 23.3 Å². The van der Waals surface area contributed by atoms with E-state index < -0.39 is 0 Å². The minimum absolute atomic E-state index is 0.109. The molecule has 0 aliphatic heterocycles. The smallest absolute Gasteiger partial charge is 0.123 e. The summed E-state index contributed by atoms with van der Waals surface area (Å²) in [5.41, 5.74) is 5.89. The SMILES string of the molecule is CC(C)Cc1ccc(C(C)(C)C)c(O)c1C(C)c1c(CC(C)C)ccc(C(C)(C)C)c1O. The molecule has 0 amide bonds. The molecule has 2 aromatic carbocycles. The first-order chi connectivity index (χ1) is 14.6. The molecule has 178 valence electrons. The molecular formula is C30H46O2. The summed E-state index contributed by atoms with van der Waals surface area (Å²) in [4.78, 5) is 0. The van der Waals surface area contributed by atoms with E-state index in [0.717, 1.165) is 35.1 Å². The van der Waals surface area contributed by atoms with Crippen LogP contribution in [0.2, 0.25) is 0 Å². The Hall–Kier alpha value is -1.96. The van der Waals surface area contributed by atoms with Crippen LogP contribution in [0, 0.1) is 11.8 Å². The van der Waals surface area contributed by atoms with E-state index >= 15 is 0 Å². The van der Waals surface area contributed by atoms with Crippen LogP contribution in [0.5, 0.6) is 11.5 Å². The molecule has 2 N–H and O–H groups in total. The maximum absolute atomic E-state index is 11.6. The van der Waals surface area contributed by atoms with Crippen molar-refractivity contribution in [1.82, 2.24) is 0 Å². The van der Waals surface area contributed by atoms with E-state index in [1.54, 1.807) is 0 Å². The molecule has 0 bridgehead atoms. The van der Waals surface area contributed by atoms with Gasteiger partial charge in [0.25, 0.3) is 0 Å². The van der Waals surface area contributed by atoms with E-state index in [1.807, 2.05) is 0 Å². The van der Waals surface area contributed by atoms with Gasteiger partial charge in [0.2, 0.25) is 0 Å². The fourth-order valence-electron chi connectivity index (χ4n) is 4.86. The molecule has 32 heavy (non-hydrogen) atoms. The summed E-state index contributed by atoms with van der Waals surface area (Å²) in [5.74, 6) is 1.62. The van der Waals surface area contributed by atoms with Crippen molar-refractivity contribution in [2.75, 3.05) is 0 Å². The number of hydrogen-bond donors (Lipinski definition) is 2. The van der Waals surface area contributed by atoms with E-state index in [1.165, 1.54) is 11.1 Å². The maximum atomic E-state index is 11.6. The topological polar surface area (TPSA) is 40.5 Å². The summed E-state index contributed by atoms with van der Waals surface area (Å²) >= 11 is 0. The van der Waals surface area contributed by atoms with Gasteiger partial charge in [0, 0.05) is 17.0 Å². The lowest BCUT2D eigenvalue weighted by atomic mass is 9.76. The average Bonchev–Trinajstić information content (AvgIpc) is 2.58. The first-order valence-corrected chi connectivity index (χ1v) is 12.3. The molecule has 0 aromatic heterocycles. The molecule has 2 heteroatoms. The van der Waals surface area contributed by atoms with Crippen molar-refractivity contribution in [2.45, 2.75) is 106 Å². The van der Waals surface area contributed by atoms with Crippen molar-refractivity contribution in [3.8, 4) is 11.5 Å².